The fraction of sp³-hybridized carbons (Fsp3) is 0.156. The number of carbonyl (C=O) groups excluding carboxylic acids is 2. The number of nitrogens with zero attached hydrogens (tertiary/aromatic N) is 2. The van der Waals surface area contributed by atoms with Gasteiger partial charge in [0.2, 0.25) is 0 Å². The van der Waals surface area contributed by atoms with Crippen molar-refractivity contribution >= 4 is 22.6 Å². The summed E-state index contributed by atoms with van der Waals surface area (Å²) in [5.74, 6) is -2.06. The second kappa shape index (κ2) is 11.4. The fourth-order valence-electron chi connectivity index (χ4n) is 5.05. The number of carbonyl (C=O) groups is 2. The molecular weight excluding hydrogens is 496 g/mol. The zero-order valence-corrected chi connectivity index (χ0v) is 21.4. The predicted octanol–water partition coefficient (Wildman–Crippen LogP) is 6.33. The van der Waals surface area contributed by atoms with Crippen molar-refractivity contribution in [1.82, 2.24) is 14.9 Å². The number of amides is 1. The fourth-order valence-corrected chi connectivity index (χ4v) is 5.05. The van der Waals surface area contributed by atoms with Crippen molar-refractivity contribution < 1.29 is 18.4 Å². The molecule has 39 heavy (non-hydrogen) atoms. The first-order valence-corrected chi connectivity index (χ1v) is 12.7. The minimum atomic E-state index is -0.673. The molecule has 0 spiro atoms. The number of halogens is 2. The highest BCUT2D eigenvalue weighted by molar-refractivity contribution is 5.95. The Morgan fingerprint density at radius 3 is 2.51 bits per heavy atom. The van der Waals surface area contributed by atoms with E-state index in [0.29, 0.717) is 16.8 Å². The molecule has 0 aliphatic rings. The first-order chi connectivity index (χ1) is 18.9. The number of hydrogen-bond acceptors (Lipinski definition) is 3. The third-order valence-corrected chi connectivity index (χ3v) is 6.79. The van der Waals surface area contributed by atoms with E-state index in [4.69, 9.17) is 0 Å². The van der Waals surface area contributed by atoms with Crippen molar-refractivity contribution in [3.05, 3.63) is 126 Å². The number of fused-ring (bicyclic) bond motifs is 1. The molecule has 1 atom stereocenters. The predicted molar refractivity (Wildman–Crippen MR) is 147 cm³/mol. The highest BCUT2D eigenvalue weighted by Gasteiger charge is 2.23. The zero-order chi connectivity index (χ0) is 27.4. The van der Waals surface area contributed by atoms with Gasteiger partial charge in [0.25, 0.3) is 5.91 Å². The van der Waals surface area contributed by atoms with Gasteiger partial charge in [0.05, 0.1) is 12.2 Å². The molecule has 7 heteroatoms. The first kappa shape index (κ1) is 26.0. The van der Waals surface area contributed by atoms with Crippen molar-refractivity contribution in [1.29, 1.82) is 0 Å². The molecular formula is C32H27F2N3O2. The molecule has 5 nitrogen and oxygen atoms in total. The summed E-state index contributed by atoms with van der Waals surface area (Å²) in [6.45, 7) is 0.163. The molecule has 2 heterocycles. The van der Waals surface area contributed by atoms with Crippen LogP contribution in [0.25, 0.3) is 22.0 Å². The Labute approximate surface area is 225 Å². The number of ketones is 1. The number of pyridine rings is 1. The van der Waals surface area contributed by atoms with Gasteiger partial charge in [-0.05, 0) is 65.4 Å². The van der Waals surface area contributed by atoms with Crippen LogP contribution >= 0.6 is 0 Å². The average Bonchev–Trinajstić information content (AvgIpc) is 3.34. The lowest BCUT2D eigenvalue weighted by Crippen LogP contribution is -2.18. The largest absolute Gasteiger partial charge is 0.355 e. The number of Topliss-reactive ketones (excluding diaryl/α,β-unsaturated/α-hetero) is 1. The van der Waals surface area contributed by atoms with E-state index in [1.165, 1.54) is 12.1 Å². The molecule has 0 unspecified atom stereocenters. The summed E-state index contributed by atoms with van der Waals surface area (Å²) < 4.78 is 30.1. The van der Waals surface area contributed by atoms with Gasteiger partial charge in [-0.25, -0.2) is 8.78 Å². The Hall–Kier alpha value is -4.65. The maximum Gasteiger partial charge on any atom is 0.251 e. The van der Waals surface area contributed by atoms with Crippen molar-refractivity contribution in [3.8, 4) is 11.1 Å². The monoisotopic (exact) mass is 523 g/mol. The topological polar surface area (TPSA) is 64.0 Å². The lowest BCUT2D eigenvalue weighted by atomic mass is 9.86. The third-order valence-electron chi connectivity index (χ3n) is 6.79. The summed E-state index contributed by atoms with van der Waals surface area (Å²) in [6.07, 6.45) is 3.86. The number of benzene rings is 3. The van der Waals surface area contributed by atoms with Crippen molar-refractivity contribution in [2.75, 3.05) is 7.05 Å². The van der Waals surface area contributed by atoms with Crippen molar-refractivity contribution in [3.63, 3.8) is 0 Å². The molecule has 0 radical (unpaired) electrons. The Kier molecular flexibility index (Phi) is 7.59. The number of para-hydroxylation sites is 1. The van der Waals surface area contributed by atoms with Gasteiger partial charge in [-0.3, -0.25) is 14.6 Å². The van der Waals surface area contributed by atoms with Gasteiger partial charge < -0.3 is 9.88 Å². The maximum atomic E-state index is 14.1. The standard InChI is InChI=1S/C32H27F2N3O2/c1-35-32(39)24-8-4-7-23(17-24)29-9-5-12-36-31(29)25(14-21-15-26(33)19-27(34)16-21)18-28(38)20-37-13-11-22-6-2-3-10-30(22)37/h2-13,15-17,19,25H,14,18,20H2,1H3,(H,35,39)/t25-/m1/s1. The number of hydrogen-bond donors (Lipinski definition) is 1. The SMILES string of the molecule is CNC(=O)c1cccc(-c2cccnc2[C@@H](CC(=O)Cn2ccc3ccccc32)Cc2cc(F)cc(F)c2)c1. The summed E-state index contributed by atoms with van der Waals surface area (Å²) in [5, 5.41) is 3.67. The molecule has 0 bridgehead atoms. The van der Waals surface area contributed by atoms with Crippen LogP contribution in [0, 0.1) is 11.6 Å². The van der Waals surface area contributed by atoms with Gasteiger partial charge in [0.15, 0.2) is 5.78 Å². The highest BCUT2D eigenvalue weighted by Crippen LogP contribution is 2.33. The number of aromatic nitrogens is 2. The molecule has 5 aromatic rings. The molecule has 196 valence electrons. The average molecular weight is 524 g/mol. The van der Waals surface area contributed by atoms with E-state index in [-0.39, 0.29) is 31.1 Å². The van der Waals surface area contributed by atoms with E-state index in [1.807, 2.05) is 53.2 Å². The molecule has 0 aliphatic heterocycles. The second-order valence-corrected chi connectivity index (χ2v) is 9.52. The van der Waals surface area contributed by atoms with E-state index in [9.17, 15) is 18.4 Å². The summed E-state index contributed by atoms with van der Waals surface area (Å²) in [4.78, 5) is 30.4. The Morgan fingerprint density at radius 2 is 1.72 bits per heavy atom. The van der Waals surface area contributed by atoms with Crippen LogP contribution in [0.1, 0.15) is 34.0 Å². The molecule has 0 aliphatic carbocycles. The molecule has 0 saturated carbocycles. The van der Waals surface area contributed by atoms with E-state index < -0.39 is 17.6 Å². The molecule has 0 fully saturated rings. The molecule has 5 rings (SSSR count). The van der Waals surface area contributed by atoms with Gasteiger partial charge in [-0.15, -0.1) is 0 Å². The lowest BCUT2D eigenvalue weighted by molar-refractivity contribution is -0.120. The summed E-state index contributed by atoms with van der Waals surface area (Å²) in [7, 11) is 1.57. The van der Waals surface area contributed by atoms with Gasteiger partial charge >= 0.3 is 0 Å². The number of rotatable bonds is 9. The number of nitrogens with one attached hydrogen (secondary N) is 1. The molecule has 3 aromatic carbocycles. The summed E-state index contributed by atoms with van der Waals surface area (Å²) in [5.41, 5.74) is 4.03. The van der Waals surface area contributed by atoms with Crippen molar-refractivity contribution in [2.24, 2.45) is 0 Å². The van der Waals surface area contributed by atoms with Gasteiger partial charge in [-0.1, -0.05) is 36.4 Å². The van der Waals surface area contributed by atoms with Crippen LogP contribution in [0.15, 0.2) is 97.3 Å². The van der Waals surface area contributed by atoms with E-state index in [0.717, 1.165) is 28.1 Å². The normalized spacial score (nSPS) is 11.9. The van der Waals surface area contributed by atoms with E-state index in [2.05, 4.69) is 10.3 Å². The van der Waals surface area contributed by atoms with Crippen molar-refractivity contribution in [2.45, 2.75) is 25.3 Å². The molecule has 0 saturated heterocycles. The van der Waals surface area contributed by atoms with Gasteiger partial charge in [0, 0.05) is 54.5 Å². The second-order valence-electron chi connectivity index (χ2n) is 9.52. The van der Waals surface area contributed by atoms with Gasteiger partial charge in [-0.2, -0.15) is 0 Å². The molecule has 2 aromatic heterocycles. The summed E-state index contributed by atoms with van der Waals surface area (Å²) >= 11 is 0. The van der Waals surface area contributed by atoms with Crippen LogP contribution in [0.2, 0.25) is 0 Å². The Balaban J connectivity index is 1.51. The quantitative estimate of drug-likeness (QED) is 0.246. The smallest absolute Gasteiger partial charge is 0.251 e. The van der Waals surface area contributed by atoms with E-state index in [1.54, 1.807) is 37.5 Å². The van der Waals surface area contributed by atoms with E-state index >= 15 is 0 Å². The van der Waals surface area contributed by atoms with Crippen LogP contribution < -0.4 is 5.32 Å². The molecule has 1 amide bonds. The van der Waals surface area contributed by atoms with Crippen LogP contribution in [-0.2, 0) is 17.8 Å². The minimum absolute atomic E-state index is 0.0334. The van der Waals surface area contributed by atoms with Crippen LogP contribution in [0.4, 0.5) is 8.78 Å². The zero-order valence-electron chi connectivity index (χ0n) is 21.4. The summed E-state index contributed by atoms with van der Waals surface area (Å²) in [6, 6.07) is 24.0. The Bertz CT molecular complexity index is 1640. The third kappa shape index (κ3) is 5.93. The molecule has 1 N–H and O–H groups in total. The Morgan fingerprint density at radius 1 is 0.923 bits per heavy atom. The first-order valence-electron chi connectivity index (χ1n) is 12.7. The minimum Gasteiger partial charge on any atom is -0.355 e. The maximum absolute atomic E-state index is 14.1. The van der Waals surface area contributed by atoms with Gasteiger partial charge in [0.1, 0.15) is 11.6 Å². The van der Waals surface area contributed by atoms with Crippen LogP contribution in [0.5, 0.6) is 0 Å². The highest BCUT2D eigenvalue weighted by atomic mass is 19.1. The van der Waals surface area contributed by atoms with Crippen LogP contribution in [0.3, 0.4) is 0 Å². The lowest BCUT2D eigenvalue weighted by Gasteiger charge is -2.20. The van der Waals surface area contributed by atoms with Crippen LogP contribution in [-0.4, -0.2) is 28.3 Å².